The molecule has 3 aromatic rings. The summed E-state index contributed by atoms with van der Waals surface area (Å²) in [4.78, 5) is 11.5. The summed E-state index contributed by atoms with van der Waals surface area (Å²) in [6.07, 6.45) is 2.58. The molecular weight excluding hydrogens is 310 g/mol. The quantitative estimate of drug-likeness (QED) is 0.732. The number of ether oxygens (including phenoxy) is 1. The molecule has 4 rings (SSSR count). The molecule has 1 saturated heterocycles. The summed E-state index contributed by atoms with van der Waals surface area (Å²) >= 11 is 0. The molecule has 2 heterocycles. The predicted molar refractivity (Wildman–Crippen MR) is 99.7 cm³/mol. The average Bonchev–Trinajstić information content (AvgIpc) is 2.70. The Balaban J connectivity index is 1.48. The highest BCUT2D eigenvalue weighted by atomic mass is 16.5. The van der Waals surface area contributed by atoms with E-state index in [1.54, 1.807) is 0 Å². The largest absolute Gasteiger partial charge is 0.378 e. The van der Waals surface area contributed by atoms with Crippen LogP contribution in [0.3, 0.4) is 0 Å². The second-order valence-electron chi connectivity index (χ2n) is 6.17. The van der Waals surface area contributed by atoms with Gasteiger partial charge in [0, 0.05) is 37.0 Å². The van der Waals surface area contributed by atoms with Crippen LogP contribution in [0.15, 0.2) is 66.9 Å². The van der Waals surface area contributed by atoms with E-state index in [4.69, 9.17) is 9.72 Å². The van der Waals surface area contributed by atoms with Gasteiger partial charge in [-0.15, -0.1) is 0 Å². The summed E-state index contributed by atoms with van der Waals surface area (Å²) in [6, 6.07) is 20.9. The van der Waals surface area contributed by atoms with E-state index >= 15 is 0 Å². The van der Waals surface area contributed by atoms with Crippen molar-refractivity contribution in [3.63, 3.8) is 0 Å². The molecule has 0 radical (unpaired) electrons. The molecule has 4 nitrogen and oxygen atoms in total. The van der Waals surface area contributed by atoms with E-state index in [-0.39, 0.29) is 0 Å². The highest BCUT2D eigenvalue weighted by Crippen LogP contribution is 2.19. The summed E-state index contributed by atoms with van der Waals surface area (Å²) in [5.74, 6) is 0.848. The van der Waals surface area contributed by atoms with E-state index < -0.39 is 0 Å². The third-order valence-corrected chi connectivity index (χ3v) is 4.45. The van der Waals surface area contributed by atoms with Crippen LogP contribution < -0.4 is 4.90 Å². The van der Waals surface area contributed by atoms with Crippen LogP contribution >= 0.6 is 0 Å². The van der Waals surface area contributed by atoms with Crippen LogP contribution in [0, 0.1) is 0 Å². The first-order chi connectivity index (χ1) is 12.4. The monoisotopic (exact) mass is 331 g/mol. The Hall–Kier alpha value is -2.72. The van der Waals surface area contributed by atoms with Crippen molar-refractivity contribution >= 4 is 5.69 Å². The van der Waals surface area contributed by atoms with Crippen molar-refractivity contribution in [2.75, 3.05) is 31.2 Å². The van der Waals surface area contributed by atoms with E-state index in [9.17, 15) is 0 Å². The van der Waals surface area contributed by atoms with E-state index in [0.717, 1.165) is 49.8 Å². The topological polar surface area (TPSA) is 38.2 Å². The number of hydrogen-bond acceptors (Lipinski definition) is 4. The number of rotatable bonds is 4. The van der Waals surface area contributed by atoms with Crippen LogP contribution in [0.25, 0.3) is 11.3 Å². The Morgan fingerprint density at radius 1 is 0.880 bits per heavy atom. The van der Waals surface area contributed by atoms with Crippen molar-refractivity contribution in [1.82, 2.24) is 9.97 Å². The number of anilines is 1. The van der Waals surface area contributed by atoms with Gasteiger partial charge in [0.25, 0.3) is 0 Å². The summed E-state index contributed by atoms with van der Waals surface area (Å²) in [6.45, 7) is 3.53. The first-order valence-electron chi connectivity index (χ1n) is 8.67. The molecule has 4 heteroatoms. The summed E-state index contributed by atoms with van der Waals surface area (Å²) in [5.41, 5.74) is 4.57. The Bertz CT molecular complexity index is 812. The molecule has 0 N–H and O–H groups in total. The maximum absolute atomic E-state index is 5.41. The van der Waals surface area contributed by atoms with Crippen LogP contribution in [-0.4, -0.2) is 36.3 Å². The molecule has 126 valence electrons. The lowest BCUT2D eigenvalue weighted by Crippen LogP contribution is -2.36. The third kappa shape index (κ3) is 3.86. The van der Waals surface area contributed by atoms with Crippen LogP contribution in [0.1, 0.15) is 11.4 Å². The van der Waals surface area contributed by atoms with Gasteiger partial charge in [-0.1, -0.05) is 42.5 Å². The molecule has 1 aliphatic rings. The van der Waals surface area contributed by atoms with Gasteiger partial charge < -0.3 is 9.64 Å². The molecular formula is C21H21N3O. The van der Waals surface area contributed by atoms with Crippen molar-refractivity contribution in [3.8, 4) is 11.3 Å². The smallest absolute Gasteiger partial charge is 0.133 e. The first kappa shape index (κ1) is 15.8. The maximum Gasteiger partial charge on any atom is 0.133 e. The molecule has 25 heavy (non-hydrogen) atoms. The van der Waals surface area contributed by atoms with Gasteiger partial charge in [-0.25, -0.2) is 9.97 Å². The molecule has 0 atom stereocenters. The van der Waals surface area contributed by atoms with Gasteiger partial charge in [0.05, 0.1) is 18.9 Å². The Morgan fingerprint density at radius 2 is 1.64 bits per heavy atom. The fraction of sp³-hybridized carbons (Fsp3) is 0.238. The third-order valence-electron chi connectivity index (χ3n) is 4.45. The SMILES string of the molecule is c1ccc(-c2ccnc(Cc3ccc(N4CCOCC4)cc3)n2)cc1. The summed E-state index contributed by atoms with van der Waals surface area (Å²) in [5, 5.41) is 0. The van der Waals surface area contributed by atoms with Crippen LogP contribution in [-0.2, 0) is 11.2 Å². The molecule has 0 bridgehead atoms. The van der Waals surface area contributed by atoms with Gasteiger partial charge in [-0.05, 0) is 23.8 Å². The average molecular weight is 331 g/mol. The molecule has 0 saturated carbocycles. The van der Waals surface area contributed by atoms with Gasteiger partial charge in [-0.3, -0.25) is 0 Å². The summed E-state index contributed by atoms with van der Waals surface area (Å²) in [7, 11) is 0. The highest BCUT2D eigenvalue weighted by Gasteiger charge is 2.11. The zero-order chi connectivity index (χ0) is 16.9. The lowest BCUT2D eigenvalue weighted by atomic mass is 10.1. The summed E-state index contributed by atoms with van der Waals surface area (Å²) < 4.78 is 5.41. The van der Waals surface area contributed by atoms with Gasteiger partial charge >= 0.3 is 0 Å². The van der Waals surface area contributed by atoms with Crippen molar-refractivity contribution in [3.05, 3.63) is 78.2 Å². The molecule has 0 aliphatic carbocycles. The second-order valence-corrected chi connectivity index (χ2v) is 6.17. The fourth-order valence-electron chi connectivity index (χ4n) is 3.08. The lowest BCUT2D eigenvalue weighted by molar-refractivity contribution is 0.122. The molecule has 0 spiro atoms. The second kappa shape index (κ2) is 7.45. The minimum Gasteiger partial charge on any atom is -0.378 e. The Labute approximate surface area is 148 Å². The number of nitrogens with zero attached hydrogens (tertiary/aromatic N) is 3. The number of benzene rings is 2. The molecule has 1 aliphatic heterocycles. The highest BCUT2D eigenvalue weighted by molar-refractivity contribution is 5.58. The van der Waals surface area contributed by atoms with E-state index in [0.29, 0.717) is 0 Å². The van der Waals surface area contributed by atoms with Crippen LogP contribution in [0.4, 0.5) is 5.69 Å². The normalized spacial score (nSPS) is 14.5. The Morgan fingerprint density at radius 3 is 2.40 bits per heavy atom. The van der Waals surface area contributed by atoms with E-state index in [1.807, 2.05) is 30.5 Å². The van der Waals surface area contributed by atoms with E-state index in [2.05, 4.69) is 46.3 Å². The van der Waals surface area contributed by atoms with Crippen molar-refractivity contribution in [2.45, 2.75) is 6.42 Å². The molecule has 1 fully saturated rings. The zero-order valence-corrected chi connectivity index (χ0v) is 14.1. The minimum atomic E-state index is 0.740. The van der Waals surface area contributed by atoms with E-state index in [1.165, 1.54) is 11.3 Å². The number of morpholine rings is 1. The maximum atomic E-state index is 5.41. The minimum absolute atomic E-state index is 0.740. The van der Waals surface area contributed by atoms with Crippen LogP contribution in [0.5, 0.6) is 0 Å². The fourth-order valence-corrected chi connectivity index (χ4v) is 3.08. The molecule has 0 unspecified atom stereocenters. The molecule has 2 aromatic carbocycles. The van der Waals surface area contributed by atoms with Gasteiger partial charge in [-0.2, -0.15) is 0 Å². The van der Waals surface area contributed by atoms with Gasteiger partial charge in [0.2, 0.25) is 0 Å². The number of hydrogen-bond donors (Lipinski definition) is 0. The zero-order valence-electron chi connectivity index (χ0n) is 14.1. The predicted octanol–water partition coefficient (Wildman–Crippen LogP) is 3.57. The molecule has 1 aromatic heterocycles. The van der Waals surface area contributed by atoms with Gasteiger partial charge in [0.15, 0.2) is 0 Å². The first-order valence-corrected chi connectivity index (χ1v) is 8.67. The van der Waals surface area contributed by atoms with Crippen molar-refractivity contribution in [1.29, 1.82) is 0 Å². The van der Waals surface area contributed by atoms with Crippen molar-refractivity contribution < 1.29 is 4.74 Å². The van der Waals surface area contributed by atoms with Crippen molar-refractivity contribution in [2.24, 2.45) is 0 Å². The van der Waals surface area contributed by atoms with Gasteiger partial charge in [0.1, 0.15) is 5.82 Å². The number of aromatic nitrogens is 2. The Kier molecular flexibility index (Phi) is 4.70. The standard InChI is InChI=1S/C21H21N3O/c1-2-4-18(5-3-1)20-10-11-22-21(23-20)16-17-6-8-19(9-7-17)24-12-14-25-15-13-24/h1-11H,12-16H2. The van der Waals surface area contributed by atoms with Crippen LogP contribution in [0.2, 0.25) is 0 Å². The lowest BCUT2D eigenvalue weighted by Gasteiger charge is -2.28. The molecule has 0 amide bonds.